The van der Waals surface area contributed by atoms with Crippen molar-refractivity contribution in [1.29, 1.82) is 0 Å². The number of aromatic nitrogens is 1. The summed E-state index contributed by atoms with van der Waals surface area (Å²) in [5.41, 5.74) is 10.9. The first-order chi connectivity index (χ1) is 16.6. The number of ether oxygens (including phenoxy) is 3. The Kier molecular flexibility index (Phi) is 7.79. The molecule has 4 rings (SSSR count). The molecular weight excluding hydrogens is 424 g/mol. The topological polar surface area (TPSA) is 66.6 Å². The Labute approximate surface area is 201 Å². The van der Waals surface area contributed by atoms with Gasteiger partial charge in [-0.15, -0.1) is 0 Å². The minimum atomic E-state index is 0.0728. The molecular formula is C29H30N2O3. The van der Waals surface area contributed by atoms with Crippen LogP contribution in [-0.4, -0.2) is 11.1 Å². The standard InChI is InChI=1S/C29H30N2O3/c1-21(2)34-27-15-13-24(17-25(27)18-30)26-14-16-28(32-19-22-9-5-3-6-10-22)31-29(26)33-20-23-11-7-4-8-12-23/h3-17,21H,18-20,30H2,1-2H3. The van der Waals surface area contributed by atoms with Crippen LogP contribution < -0.4 is 19.9 Å². The molecule has 0 aliphatic heterocycles. The average molecular weight is 455 g/mol. The van der Waals surface area contributed by atoms with Crippen LogP contribution in [0.4, 0.5) is 0 Å². The molecule has 2 N–H and O–H groups in total. The summed E-state index contributed by atoms with van der Waals surface area (Å²) in [7, 11) is 0. The zero-order valence-corrected chi connectivity index (χ0v) is 19.6. The molecule has 174 valence electrons. The first kappa shape index (κ1) is 23.3. The highest BCUT2D eigenvalue weighted by atomic mass is 16.5. The second-order valence-corrected chi connectivity index (χ2v) is 8.24. The Morgan fingerprint density at radius 2 is 1.41 bits per heavy atom. The highest BCUT2D eigenvalue weighted by molar-refractivity contribution is 5.70. The van der Waals surface area contributed by atoms with E-state index >= 15 is 0 Å². The molecule has 3 aromatic carbocycles. The number of pyridine rings is 1. The van der Waals surface area contributed by atoms with Gasteiger partial charge in [0.15, 0.2) is 0 Å². The summed E-state index contributed by atoms with van der Waals surface area (Å²) in [5.74, 6) is 1.81. The largest absolute Gasteiger partial charge is 0.491 e. The summed E-state index contributed by atoms with van der Waals surface area (Å²) in [6.07, 6.45) is 0.0728. The summed E-state index contributed by atoms with van der Waals surface area (Å²) in [6.45, 7) is 5.22. The molecule has 5 heteroatoms. The lowest BCUT2D eigenvalue weighted by Gasteiger charge is -2.16. The summed E-state index contributed by atoms with van der Waals surface area (Å²) >= 11 is 0. The van der Waals surface area contributed by atoms with Gasteiger partial charge in [-0.2, -0.15) is 4.98 Å². The summed E-state index contributed by atoms with van der Waals surface area (Å²) in [5, 5.41) is 0. The number of benzene rings is 3. The van der Waals surface area contributed by atoms with Gasteiger partial charge in [0, 0.05) is 23.7 Å². The molecule has 1 heterocycles. The lowest BCUT2D eigenvalue weighted by atomic mass is 10.0. The number of hydrogen-bond acceptors (Lipinski definition) is 5. The normalized spacial score (nSPS) is 10.8. The molecule has 0 radical (unpaired) electrons. The maximum atomic E-state index is 6.19. The van der Waals surface area contributed by atoms with E-state index in [4.69, 9.17) is 24.9 Å². The van der Waals surface area contributed by atoms with Crippen LogP contribution >= 0.6 is 0 Å². The Morgan fingerprint density at radius 3 is 2.03 bits per heavy atom. The number of rotatable bonds is 10. The molecule has 5 nitrogen and oxygen atoms in total. The summed E-state index contributed by atoms with van der Waals surface area (Å²) in [6, 6.07) is 29.9. The van der Waals surface area contributed by atoms with Crippen LogP contribution in [0.5, 0.6) is 17.5 Å². The minimum absolute atomic E-state index is 0.0728. The van der Waals surface area contributed by atoms with Crippen LogP contribution in [0.2, 0.25) is 0 Å². The van der Waals surface area contributed by atoms with Gasteiger partial charge in [-0.25, -0.2) is 0 Å². The van der Waals surface area contributed by atoms with Gasteiger partial charge in [-0.1, -0.05) is 66.7 Å². The van der Waals surface area contributed by atoms with Crippen molar-refractivity contribution in [3.63, 3.8) is 0 Å². The lowest BCUT2D eigenvalue weighted by molar-refractivity contribution is 0.240. The molecule has 0 spiro atoms. The smallest absolute Gasteiger partial charge is 0.225 e. The highest BCUT2D eigenvalue weighted by Gasteiger charge is 2.14. The third kappa shape index (κ3) is 6.15. The van der Waals surface area contributed by atoms with Crippen molar-refractivity contribution in [3.05, 3.63) is 108 Å². The molecule has 34 heavy (non-hydrogen) atoms. The van der Waals surface area contributed by atoms with E-state index < -0.39 is 0 Å². The van der Waals surface area contributed by atoms with E-state index in [1.165, 1.54) is 0 Å². The van der Waals surface area contributed by atoms with E-state index in [1.54, 1.807) is 0 Å². The van der Waals surface area contributed by atoms with Gasteiger partial charge in [0.1, 0.15) is 19.0 Å². The third-order valence-corrected chi connectivity index (χ3v) is 5.24. The predicted octanol–water partition coefficient (Wildman–Crippen LogP) is 6.15. The quantitative estimate of drug-likeness (QED) is 0.311. The molecule has 0 unspecified atom stereocenters. The average Bonchev–Trinajstić information content (AvgIpc) is 2.87. The Hall–Kier alpha value is -3.83. The zero-order valence-electron chi connectivity index (χ0n) is 19.6. The lowest BCUT2D eigenvalue weighted by Crippen LogP contribution is -2.09. The molecule has 0 saturated heterocycles. The maximum Gasteiger partial charge on any atom is 0.225 e. The van der Waals surface area contributed by atoms with Gasteiger partial charge >= 0.3 is 0 Å². The SMILES string of the molecule is CC(C)Oc1ccc(-c2ccc(OCc3ccccc3)nc2OCc2ccccc2)cc1CN. The van der Waals surface area contributed by atoms with Gasteiger partial charge in [0.25, 0.3) is 0 Å². The Morgan fingerprint density at radius 1 is 0.765 bits per heavy atom. The van der Waals surface area contributed by atoms with Crippen molar-refractivity contribution >= 4 is 0 Å². The van der Waals surface area contributed by atoms with E-state index in [-0.39, 0.29) is 6.10 Å². The van der Waals surface area contributed by atoms with Gasteiger partial charge in [-0.05, 0) is 48.7 Å². The molecule has 0 atom stereocenters. The molecule has 0 aliphatic rings. The van der Waals surface area contributed by atoms with Gasteiger partial charge in [0.2, 0.25) is 11.8 Å². The van der Waals surface area contributed by atoms with Gasteiger partial charge in [0.05, 0.1) is 6.10 Å². The molecule has 0 saturated carbocycles. The Balaban J connectivity index is 1.63. The van der Waals surface area contributed by atoms with Crippen LogP contribution in [0.25, 0.3) is 11.1 Å². The number of hydrogen-bond donors (Lipinski definition) is 1. The second kappa shape index (κ2) is 11.3. The molecule has 0 fully saturated rings. The van der Waals surface area contributed by atoms with Crippen molar-refractivity contribution in [3.8, 4) is 28.6 Å². The van der Waals surface area contributed by atoms with Crippen LogP contribution in [0.15, 0.2) is 91.0 Å². The van der Waals surface area contributed by atoms with E-state index in [0.717, 1.165) is 33.6 Å². The minimum Gasteiger partial charge on any atom is -0.491 e. The molecule has 0 bridgehead atoms. The van der Waals surface area contributed by atoms with Gasteiger partial charge in [-0.3, -0.25) is 0 Å². The molecule has 0 amide bonds. The Bertz CT molecular complexity index is 1190. The van der Waals surface area contributed by atoms with Crippen LogP contribution in [0.1, 0.15) is 30.5 Å². The van der Waals surface area contributed by atoms with Gasteiger partial charge < -0.3 is 19.9 Å². The highest BCUT2D eigenvalue weighted by Crippen LogP contribution is 2.34. The first-order valence-electron chi connectivity index (χ1n) is 11.5. The fraction of sp³-hybridized carbons (Fsp3) is 0.207. The first-order valence-corrected chi connectivity index (χ1v) is 11.5. The van der Waals surface area contributed by atoms with E-state index in [0.29, 0.717) is 31.5 Å². The molecule has 0 aliphatic carbocycles. The third-order valence-electron chi connectivity index (χ3n) is 5.24. The number of nitrogens with two attached hydrogens (primary N) is 1. The second-order valence-electron chi connectivity index (χ2n) is 8.24. The fourth-order valence-electron chi connectivity index (χ4n) is 3.57. The zero-order chi connectivity index (χ0) is 23.8. The van der Waals surface area contributed by atoms with Crippen molar-refractivity contribution < 1.29 is 14.2 Å². The van der Waals surface area contributed by atoms with Crippen LogP contribution in [-0.2, 0) is 19.8 Å². The van der Waals surface area contributed by atoms with Crippen molar-refractivity contribution in [2.75, 3.05) is 0 Å². The maximum absolute atomic E-state index is 6.19. The predicted molar refractivity (Wildman–Crippen MR) is 135 cm³/mol. The van der Waals surface area contributed by atoms with Crippen molar-refractivity contribution in [1.82, 2.24) is 4.98 Å². The van der Waals surface area contributed by atoms with E-state index in [1.807, 2.05) is 105 Å². The monoisotopic (exact) mass is 454 g/mol. The number of nitrogens with zero attached hydrogens (tertiary/aromatic N) is 1. The van der Waals surface area contributed by atoms with E-state index in [9.17, 15) is 0 Å². The van der Waals surface area contributed by atoms with Crippen LogP contribution in [0, 0.1) is 0 Å². The van der Waals surface area contributed by atoms with Crippen LogP contribution in [0.3, 0.4) is 0 Å². The molecule has 4 aromatic rings. The van der Waals surface area contributed by atoms with E-state index in [2.05, 4.69) is 0 Å². The van der Waals surface area contributed by atoms with Crippen molar-refractivity contribution in [2.24, 2.45) is 5.73 Å². The summed E-state index contributed by atoms with van der Waals surface area (Å²) in [4.78, 5) is 4.70. The fourth-order valence-corrected chi connectivity index (χ4v) is 3.57. The molecule has 1 aromatic heterocycles. The summed E-state index contributed by atoms with van der Waals surface area (Å²) < 4.78 is 18.0. The van der Waals surface area contributed by atoms with Crippen molar-refractivity contribution in [2.45, 2.75) is 39.7 Å².